The van der Waals surface area contributed by atoms with Crippen molar-refractivity contribution in [3.8, 4) is 0 Å². The van der Waals surface area contributed by atoms with Gasteiger partial charge in [-0.1, -0.05) is 23.8 Å². The van der Waals surface area contributed by atoms with Crippen LogP contribution in [0, 0.1) is 13.8 Å². The fourth-order valence-electron chi connectivity index (χ4n) is 1.99. The molecule has 0 saturated carbocycles. The highest BCUT2D eigenvalue weighted by atomic mass is 16.1. The van der Waals surface area contributed by atoms with Gasteiger partial charge in [0.05, 0.1) is 0 Å². The molecule has 0 aliphatic carbocycles. The highest BCUT2D eigenvalue weighted by molar-refractivity contribution is 5.78. The Hall–Kier alpha value is -1.35. The second kappa shape index (κ2) is 4.66. The summed E-state index contributed by atoms with van der Waals surface area (Å²) in [7, 11) is 0. The SMILES string of the molecule is Cc1ccc(C)c(CNC2CNC(=O)C2)c1. The molecule has 1 aliphatic rings. The number of hydrogen-bond acceptors (Lipinski definition) is 2. The summed E-state index contributed by atoms with van der Waals surface area (Å²) in [5.74, 6) is 0.151. The Balaban J connectivity index is 1.94. The summed E-state index contributed by atoms with van der Waals surface area (Å²) in [5, 5.41) is 6.24. The van der Waals surface area contributed by atoms with Crippen LogP contribution >= 0.6 is 0 Å². The molecule has 0 bridgehead atoms. The molecule has 2 rings (SSSR count). The number of carbonyl (C=O) groups excluding carboxylic acids is 1. The van der Waals surface area contributed by atoms with E-state index >= 15 is 0 Å². The number of benzene rings is 1. The minimum atomic E-state index is 0.151. The summed E-state index contributed by atoms with van der Waals surface area (Å²) in [6.45, 7) is 5.81. The summed E-state index contributed by atoms with van der Waals surface area (Å²) in [5.41, 5.74) is 3.90. The number of carbonyl (C=O) groups is 1. The van der Waals surface area contributed by atoms with Crippen molar-refractivity contribution in [2.45, 2.75) is 32.9 Å². The molecule has 1 aliphatic heterocycles. The van der Waals surface area contributed by atoms with Crippen LogP contribution < -0.4 is 10.6 Å². The Bertz CT molecular complexity index is 401. The molecule has 1 aromatic carbocycles. The van der Waals surface area contributed by atoms with Gasteiger partial charge in [-0.25, -0.2) is 0 Å². The monoisotopic (exact) mass is 218 g/mol. The van der Waals surface area contributed by atoms with Crippen molar-refractivity contribution in [3.63, 3.8) is 0 Å². The predicted octanol–water partition coefficient (Wildman–Crippen LogP) is 1.28. The number of amides is 1. The van der Waals surface area contributed by atoms with E-state index in [0.29, 0.717) is 6.42 Å². The van der Waals surface area contributed by atoms with Crippen molar-refractivity contribution in [1.82, 2.24) is 10.6 Å². The fraction of sp³-hybridized carbons (Fsp3) is 0.462. The quantitative estimate of drug-likeness (QED) is 0.802. The van der Waals surface area contributed by atoms with Gasteiger partial charge in [-0.05, 0) is 25.0 Å². The number of aryl methyl sites for hydroxylation is 2. The molecule has 1 amide bonds. The Morgan fingerprint density at radius 1 is 1.44 bits per heavy atom. The number of hydrogen-bond donors (Lipinski definition) is 2. The molecule has 16 heavy (non-hydrogen) atoms. The molecule has 1 atom stereocenters. The van der Waals surface area contributed by atoms with E-state index in [2.05, 4.69) is 42.7 Å². The Labute approximate surface area is 96.2 Å². The maximum Gasteiger partial charge on any atom is 0.221 e. The first-order chi connectivity index (χ1) is 7.65. The first-order valence-electron chi connectivity index (χ1n) is 5.71. The molecule has 86 valence electrons. The van der Waals surface area contributed by atoms with Crippen LogP contribution in [-0.4, -0.2) is 18.5 Å². The van der Waals surface area contributed by atoms with Crippen LogP contribution in [0.4, 0.5) is 0 Å². The van der Waals surface area contributed by atoms with E-state index in [1.54, 1.807) is 0 Å². The van der Waals surface area contributed by atoms with Crippen LogP contribution in [0.2, 0.25) is 0 Å². The maximum absolute atomic E-state index is 11.0. The van der Waals surface area contributed by atoms with Gasteiger partial charge >= 0.3 is 0 Å². The van der Waals surface area contributed by atoms with Crippen LogP contribution in [0.25, 0.3) is 0 Å². The average Bonchev–Trinajstić information content (AvgIpc) is 2.66. The second-order valence-corrected chi connectivity index (χ2v) is 4.52. The minimum Gasteiger partial charge on any atom is -0.354 e. The van der Waals surface area contributed by atoms with Crippen molar-refractivity contribution >= 4 is 5.91 Å². The van der Waals surface area contributed by atoms with Crippen LogP contribution in [0.5, 0.6) is 0 Å². The standard InChI is InChI=1S/C13H18N2O/c1-9-3-4-10(2)11(5-9)7-14-12-6-13(16)15-8-12/h3-5,12,14H,6-8H2,1-2H3,(H,15,16). The van der Waals surface area contributed by atoms with Crippen molar-refractivity contribution in [2.24, 2.45) is 0 Å². The lowest BCUT2D eigenvalue weighted by molar-refractivity contribution is -0.119. The summed E-state index contributed by atoms with van der Waals surface area (Å²) in [4.78, 5) is 11.0. The highest BCUT2D eigenvalue weighted by Crippen LogP contribution is 2.11. The molecular weight excluding hydrogens is 200 g/mol. The zero-order chi connectivity index (χ0) is 11.5. The molecule has 2 N–H and O–H groups in total. The van der Waals surface area contributed by atoms with Crippen LogP contribution in [-0.2, 0) is 11.3 Å². The molecule has 3 heteroatoms. The average molecular weight is 218 g/mol. The highest BCUT2D eigenvalue weighted by Gasteiger charge is 2.20. The number of rotatable bonds is 3. The van der Waals surface area contributed by atoms with Gasteiger partial charge in [0.25, 0.3) is 0 Å². The molecular formula is C13H18N2O. The smallest absolute Gasteiger partial charge is 0.221 e. The zero-order valence-corrected chi connectivity index (χ0v) is 9.84. The van der Waals surface area contributed by atoms with Gasteiger partial charge in [0, 0.05) is 25.6 Å². The molecule has 1 heterocycles. The molecule has 0 aromatic heterocycles. The van der Waals surface area contributed by atoms with Gasteiger partial charge in [-0.3, -0.25) is 4.79 Å². The lowest BCUT2D eigenvalue weighted by Crippen LogP contribution is -2.30. The lowest BCUT2D eigenvalue weighted by atomic mass is 10.1. The molecule has 3 nitrogen and oxygen atoms in total. The summed E-state index contributed by atoms with van der Waals surface area (Å²) in [6.07, 6.45) is 0.602. The Morgan fingerprint density at radius 2 is 2.25 bits per heavy atom. The van der Waals surface area contributed by atoms with Crippen molar-refractivity contribution < 1.29 is 4.79 Å². The number of nitrogens with one attached hydrogen (secondary N) is 2. The normalized spacial score (nSPS) is 19.9. The van der Waals surface area contributed by atoms with E-state index in [1.165, 1.54) is 16.7 Å². The fourth-order valence-corrected chi connectivity index (χ4v) is 1.99. The third-order valence-electron chi connectivity index (χ3n) is 3.06. The van der Waals surface area contributed by atoms with E-state index in [9.17, 15) is 4.79 Å². The van der Waals surface area contributed by atoms with Crippen molar-refractivity contribution in [1.29, 1.82) is 0 Å². The largest absolute Gasteiger partial charge is 0.354 e. The van der Waals surface area contributed by atoms with E-state index in [4.69, 9.17) is 0 Å². The third kappa shape index (κ3) is 2.61. The lowest BCUT2D eigenvalue weighted by Gasteiger charge is -2.12. The topological polar surface area (TPSA) is 41.1 Å². The van der Waals surface area contributed by atoms with Crippen LogP contribution in [0.3, 0.4) is 0 Å². The second-order valence-electron chi connectivity index (χ2n) is 4.52. The molecule has 1 aromatic rings. The molecule has 1 fully saturated rings. The van der Waals surface area contributed by atoms with E-state index in [-0.39, 0.29) is 11.9 Å². The third-order valence-corrected chi connectivity index (χ3v) is 3.06. The van der Waals surface area contributed by atoms with Crippen LogP contribution in [0.15, 0.2) is 18.2 Å². The van der Waals surface area contributed by atoms with Gasteiger partial charge in [0.2, 0.25) is 5.91 Å². The van der Waals surface area contributed by atoms with E-state index in [1.807, 2.05) is 0 Å². The van der Waals surface area contributed by atoms with Gasteiger partial charge in [-0.2, -0.15) is 0 Å². The molecule has 0 spiro atoms. The molecule has 0 radical (unpaired) electrons. The first kappa shape index (κ1) is 11.1. The van der Waals surface area contributed by atoms with Gasteiger partial charge in [-0.15, -0.1) is 0 Å². The van der Waals surface area contributed by atoms with E-state index in [0.717, 1.165) is 13.1 Å². The zero-order valence-electron chi connectivity index (χ0n) is 9.84. The van der Waals surface area contributed by atoms with Crippen molar-refractivity contribution in [2.75, 3.05) is 6.54 Å². The summed E-state index contributed by atoms with van der Waals surface area (Å²) in [6, 6.07) is 6.75. The summed E-state index contributed by atoms with van der Waals surface area (Å²) >= 11 is 0. The van der Waals surface area contributed by atoms with Gasteiger partial charge < -0.3 is 10.6 Å². The summed E-state index contributed by atoms with van der Waals surface area (Å²) < 4.78 is 0. The minimum absolute atomic E-state index is 0.151. The maximum atomic E-state index is 11.0. The molecule has 1 unspecified atom stereocenters. The predicted molar refractivity (Wildman–Crippen MR) is 64.2 cm³/mol. The van der Waals surface area contributed by atoms with Gasteiger partial charge in [0.15, 0.2) is 0 Å². The van der Waals surface area contributed by atoms with Crippen LogP contribution in [0.1, 0.15) is 23.1 Å². The first-order valence-corrected chi connectivity index (χ1v) is 5.71. The van der Waals surface area contributed by atoms with Crippen molar-refractivity contribution in [3.05, 3.63) is 34.9 Å². The van der Waals surface area contributed by atoms with E-state index < -0.39 is 0 Å². The van der Waals surface area contributed by atoms with Gasteiger partial charge in [0.1, 0.15) is 0 Å². The molecule has 1 saturated heterocycles. The Kier molecular flexibility index (Phi) is 3.25. The Morgan fingerprint density at radius 3 is 2.94 bits per heavy atom.